The molecule has 0 saturated heterocycles. The van der Waals surface area contributed by atoms with Crippen molar-refractivity contribution in [2.24, 2.45) is 5.92 Å². The maximum atomic E-state index is 13.3. The van der Waals surface area contributed by atoms with E-state index in [0.29, 0.717) is 0 Å². The van der Waals surface area contributed by atoms with Crippen molar-refractivity contribution in [3.63, 3.8) is 0 Å². The molecule has 2 aromatic heterocycles. The Kier molecular flexibility index (Phi) is 5.32. The topological polar surface area (TPSA) is 153 Å². The normalized spacial score (nSPS) is 15.1. The molecule has 4 aromatic rings. The highest BCUT2D eigenvalue weighted by Gasteiger charge is 2.26. The first-order valence-corrected chi connectivity index (χ1v) is 11.0. The molecule has 184 valence electrons. The minimum Gasteiger partial charge on any atom is -0.481 e. The Morgan fingerprint density at radius 2 is 1.34 bits per heavy atom. The van der Waals surface area contributed by atoms with Gasteiger partial charge in [-0.2, -0.15) is 0 Å². The van der Waals surface area contributed by atoms with Crippen molar-refractivity contribution in [2.45, 2.75) is 6.42 Å². The van der Waals surface area contributed by atoms with Crippen molar-refractivity contribution >= 4 is 39.2 Å². The van der Waals surface area contributed by atoms with Gasteiger partial charge in [-0.3, -0.25) is 24.0 Å². The highest BCUT2D eigenvalue weighted by molar-refractivity contribution is 5.99. The van der Waals surface area contributed by atoms with Crippen molar-refractivity contribution in [2.75, 3.05) is 0 Å². The Hall–Kier alpha value is -5.74. The molecule has 1 aliphatic rings. The van der Waals surface area contributed by atoms with Gasteiger partial charge in [0.15, 0.2) is 0 Å². The van der Waals surface area contributed by atoms with Crippen LogP contribution in [0.3, 0.4) is 0 Å². The summed E-state index contributed by atoms with van der Waals surface area (Å²) in [6, 6.07) is 5.86. The van der Waals surface area contributed by atoms with Gasteiger partial charge in [0.2, 0.25) is 0 Å². The second-order valence-corrected chi connectivity index (χ2v) is 8.61. The number of terminal acetylenes is 2. The number of nitrogens with zero attached hydrogens (tertiary/aromatic N) is 2. The third kappa shape index (κ3) is 3.48. The quantitative estimate of drug-likeness (QED) is 0.390. The molecule has 1 atom stereocenters. The fourth-order valence-corrected chi connectivity index (χ4v) is 4.58. The van der Waals surface area contributed by atoms with E-state index >= 15 is 0 Å². The molecule has 0 amide bonds. The van der Waals surface area contributed by atoms with Gasteiger partial charge >= 0.3 is 11.9 Å². The molecule has 38 heavy (non-hydrogen) atoms. The van der Waals surface area contributed by atoms with Crippen molar-refractivity contribution < 1.29 is 19.8 Å². The summed E-state index contributed by atoms with van der Waals surface area (Å²) in [5.74, 6) is 1.06. The molecule has 0 saturated carbocycles. The van der Waals surface area contributed by atoms with Crippen LogP contribution in [-0.4, -0.2) is 31.3 Å². The van der Waals surface area contributed by atoms with E-state index in [1.165, 1.54) is 24.3 Å². The van der Waals surface area contributed by atoms with Crippen LogP contribution >= 0.6 is 0 Å². The monoisotopic (exact) mass is 506 g/mol. The fourth-order valence-electron chi connectivity index (χ4n) is 4.58. The fraction of sp³-hybridized carbons (Fsp3) is 0.0714. The molecule has 10 heteroatoms. The standard InChI is InChI=1S/C28H14N2O8/c1-3-13-5-15(27(35)36)9-17(7-13)29-23(31)19-11-21-22(12-20(19)24(29)32)26(34)30(25(21)33)18-8-14(4-2)6-16(10-18)28(37)38/h1-2,5,7-12,16H,6H2,(H,35,36)(H,37,38). The number of allylic oxidation sites excluding steroid dienone is 3. The smallest absolute Gasteiger partial charge is 0.335 e. The summed E-state index contributed by atoms with van der Waals surface area (Å²) >= 11 is 0. The highest BCUT2D eigenvalue weighted by Crippen LogP contribution is 2.25. The zero-order chi connectivity index (χ0) is 27.5. The molecule has 0 aliphatic heterocycles. The van der Waals surface area contributed by atoms with E-state index in [4.69, 9.17) is 12.8 Å². The largest absolute Gasteiger partial charge is 0.481 e. The van der Waals surface area contributed by atoms with Gasteiger partial charge in [-0.1, -0.05) is 11.8 Å². The first-order chi connectivity index (χ1) is 18.0. The second-order valence-electron chi connectivity index (χ2n) is 8.61. The van der Waals surface area contributed by atoms with Crippen LogP contribution in [0.15, 0.2) is 67.2 Å². The lowest BCUT2D eigenvalue weighted by Gasteiger charge is -2.15. The number of aromatic nitrogens is 2. The number of carbonyl (C=O) groups is 2. The Morgan fingerprint density at radius 3 is 1.82 bits per heavy atom. The number of carboxylic acid groups (broad SMARTS) is 2. The predicted molar refractivity (Wildman–Crippen MR) is 138 cm³/mol. The van der Waals surface area contributed by atoms with Crippen LogP contribution in [-0.2, 0) is 4.79 Å². The van der Waals surface area contributed by atoms with Crippen LogP contribution in [0.1, 0.15) is 22.3 Å². The Labute approximate surface area is 211 Å². The van der Waals surface area contributed by atoms with Gasteiger partial charge in [0, 0.05) is 11.1 Å². The number of carboxylic acids is 2. The molecule has 1 unspecified atom stereocenters. The highest BCUT2D eigenvalue weighted by atomic mass is 16.4. The van der Waals surface area contributed by atoms with Crippen LogP contribution in [0.25, 0.3) is 32.9 Å². The van der Waals surface area contributed by atoms with Gasteiger partial charge in [-0.25, -0.2) is 13.9 Å². The maximum Gasteiger partial charge on any atom is 0.335 e. The maximum absolute atomic E-state index is 13.3. The lowest BCUT2D eigenvalue weighted by Crippen LogP contribution is -2.27. The van der Waals surface area contributed by atoms with Gasteiger partial charge in [0.1, 0.15) is 0 Å². The van der Waals surface area contributed by atoms with E-state index in [1.807, 2.05) is 0 Å². The van der Waals surface area contributed by atoms with Crippen LogP contribution < -0.4 is 22.2 Å². The van der Waals surface area contributed by atoms with E-state index in [2.05, 4.69) is 11.8 Å². The van der Waals surface area contributed by atoms with Crippen molar-refractivity contribution in [3.05, 3.63) is 101 Å². The predicted octanol–water partition coefficient (Wildman–Crippen LogP) is 1.09. The third-order valence-corrected chi connectivity index (χ3v) is 6.38. The minimum atomic E-state index is -1.32. The molecule has 10 nitrogen and oxygen atoms in total. The molecule has 2 heterocycles. The first kappa shape index (κ1) is 24.0. The lowest BCUT2D eigenvalue weighted by atomic mass is 9.93. The summed E-state index contributed by atoms with van der Waals surface area (Å²) in [4.78, 5) is 76.1. The van der Waals surface area contributed by atoms with E-state index in [9.17, 15) is 39.0 Å². The summed E-state index contributed by atoms with van der Waals surface area (Å²) in [5, 5.41) is 18.2. The molecule has 2 N–H and O–H groups in total. The first-order valence-electron chi connectivity index (χ1n) is 11.0. The van der Waals surface area contributed by atoms with E-state index < -0.39 is 40.1 Å². The summed E-state index contributed by atoms with van der Waals surface area (Å²) < 4.78 is 1.48. The summed E-state index contributed by atoms with van der Waals surface area (Å²) in [6.07, 6.45) is 13.5. The number of hydrogen-bond acceptors (Lipinski definition) is 6. The summed E-state index contributed by atoms with van der Waals surface area (Å²) in [7, 11) is 0. The Bertz CT molecular complexity index is 2040. The zero-order valence-corrected chi connectivity index (χ0v) is 19.2. The SMILES string of the molecule is C#CC1=CC(n2c(=O)c3cc4c(=O)n(-c5cc(C#C)cc(C(=O)O)c5)c(=O)c4cc3c2=O)=CC(C(=O)O)C1. The lowest BCUT2D eigenvalue weighted by molar-refractivity contribution is -0.140. The molecule has 5 rings (SSSR count). The van der Waals surface area contributed by atoms with Gasteiger partial charge in [-0.05, 0) is 48.9 Å². The molecule has 0 bridgehead atoms. The number of benzene rings is 2. The second kappa shape index (κ2) is 8.43. The van der Waals surface area contributed by atoms with Crippen molar-refractivity contribution in [1.29, 1.82) is 0 Å². The third-order valence-electron chi connectivity index (χ3n) is 6.38. The van der Waals surface area contributed by atoms with Crippen LogP contribution in [0.2, 0.25) is 0 Å². The summed E-state index contributed by atoms with van der Waals surface area (Å²) in [5.41, 5.74) is -3.25. The van der Waals surface area contributed by atoms with Crippen molar-refractivity contribution in [1.82, 2.24) is 9.13 Å². The molecular formula is C28H14N2O8. The molecule has 1 aliphatic carbocycles. The average molecular weight is 506 g/mol. The van der Waals surface area contributed by atoms with E-state index in [-0.39, 0.29) is 56.1 Å². The number of fused-ring (bicyclic) bond motifs is 2. The van der Waals surface area contributed by atoms with Crippen molar-refractivity contribution in [3.8, 4) is 30.4 Å². The number of aliphatic carboxylic acids is 1. The molecule has 2 aromatic carbocycles. The number of rotatable bonds is 4. The van der Waals surface area contributed by atoms with Crippen LogP contribution in [0, 0.1) is 30.6 Å². The Balaban J connectivity index is 1.78. The average Bonchev–Trinajstić information content (AvgIpc) is 3.30. The number of hydrogen-bond donors (Lipinski definition) is 2. The zero-order valence-electron chi connectivity index (χ0n) is 19.2. The van der Waals surface area contributed by atoms with E-state index in [1.54, 1.807) is 0 Å². The molecule has 0 spiro atoms. The van der Waals surface area contributed by atoms with Crippen LogP contribution in [0.5, 0.6) is 0 Å². The van der Waals surface area contributed by atoms with Gasteiger partial charge < -0.3 is 10.2 Å². The van der Waals surface area contributed by atoms with Gasteiger partial charge in [-0.15, -0.1) is 12.8 Å². The number of aromatic carboxylic acids is 1. The Morgan fingerprint density at radius 1 is 0.789 bits per heavy atom. The van der Waals surface area contributed by atoms with Gasteiger partial charge in [0.25, 0.3) is 22.2 Å². The molecule has 0 radical (unpaired) electrons. The van der Waals surface area contributed by atoms with E-state index in [0.717, 1.165) is 27.3 Å². The van der Waals surface area contributed by atoms with Gasteiger partial charge in [0.05, 0.1) is 44.4 Å². The molecule has 0 fully saturated rings. The summed E-state index contributed by atoms with van der Waals surface area (Å²) in [6.45, 7) is 0. The minimum absolute atomic E-state index is 0.0189. The molecular weight excluding hydrogens is 492 g/mol. The van der Waals surface area contributed by atoms with Crippen LogP contribution in [0.4, 0.5) is 0 Å².